The Labute approximate surface area is 88.9 Å². The largest absolute Gasteiger partial charge is 0.354 e. The highest BCUT2D eigenvalue weighted by Crippen LogP contribution is 2.23. The molecule has 0 unspecified atom stereocenters. The second-order valence-corrected chi connectivity index (χ2v) is 3.38. The lowest BCUT2D eigenvalue weighted by Crippen LogP contribution is -2.20. The van der Waals surface area contributed by atoms with Crippen LogP contribution in [-0.2, 0) is 0 Å². The van der Waals surface area contributed by atoms with Gasteiger partial charge in [-0.1, -0.05) is 13.3 Å². The third kappa shape index (κ3) is 2.90. The fourth-order valence-corrected chi connectivity index (χ4v) is 1.33. The molecule has 1 aromatic rings. The van der Waals surface area contributed by atoms with E-state index in [0.29, 0.717) is 5.82 Å². The molecule has 82 valence electrons. The first-order chi connectivity index (χ1) is 7.16. The summed E-state index contributed by atoms with van der Waals surface area (Å²) in [5.74, 6) is 0.441. The number of nitrogens with zero attached hydrogens (tertiary/aromatic N) is 3. The molecule has 5 nitrogen and oxygen atoms in total. The number of aromatic nitrogens is 1. The molecule has 1 heterocycles. The SMILES string of the molecule is CCCCN(C)c1ncccc1[N+](=O)[O-]. The molecule has 15 heavy (non-hydrogen) atoms. The van der Waals surface area contributed by atoms with E-state index in [0.717, 1.165) is 19.4 Å². The van der Waals surface area contributed by atoms with Gasteiger partial charge in [-0.2, -0.15) is 0 Å². The van der Waals surface area contributed by atoms with Crippen molar-refractivity contribution in [2.75, 3.05) is 18.5 Å². The van der Waals surface area contributed by atoms with Crippen molar-refractivity contribution >= 4 is 11.5 Å². The van der Waals surface area contributed by atoms with Crippen molar-refractivity contribution in [1.82, 2.24) is 4.98 Å². The van der Waals surface area contributed by atoms with E-state index in [-0.39, 0.29) is 5.69 Å². The number of anilines is 1. The minimum atomic E-state index is -0.398. The molecule has 0 aromatic carbocycles. The molecular weight excluding hydrogens is 194 g/mol. The van der Waals surface area contributed by atoms with E-state index < -0.39 is 4.92 Å². The number of pyridine rings is 1. The minimum absolute atomic E-state index is 0.0658. The van der Waals surface area contributed by atoms with Gasteiger partial charge in [-0.05, 0) is 12.5 Å². The molecule has 1 rings (SSSR count). The highest BCUT2D eigenvalue weighted by molar-refractivity contribution is 5.56. The molecule has 0 bridgehead atoms. The van der Waals surface area contributed by atoms with Crippen molar-refractivity contribution in [3.63, 3.8) is 0 Å². The van der Waals surface area contributed by atoms with Crippen LogP contribution < -0.4 is 4.90 Å². The van der Waals surface area contributed by atoms with E-state index >= 15 is 0 Å². The summed E-state index contributed by atoms with van der Waals surface area (Å²) < 4.78 is 0. The van der Waals surface area contributed by atoms with Crippen molar-refractivity contribution < 1.29 is 4.92 Å². The summed E-state index contributed by atoms with van der Waals surface area (Å²) in [7, 11) is 1.82. The smallest absolute Gasteiger partial charge is 0.311 e. The Kier molecular flexibility index (Phi) is 4.03. The molecule has 5 heteroatoms. The molecule has 0 spiro atoms. The molecule has 0 aliphatic rings. The predicted molar refractivity (Wildman–Crippen MR) is 59.1 cm³/mol. The lowest BCUT2D eigenvalue weighted by Gasteiger charge is -2.16. The van der Waals surface area contributed by atoms with Crippen LogP contribution in [0.1, 0.15) is 19.8 Å². The zero-order valence-electron chi connectivity index (χ0n) is 9.01. The predicted octanol–water partition coefficient (Wildman–Crippen LogP) is 2.23. The summed E-state index contributed by atoms with van der Waals surface area (Å²) in [6, 6.07) is 3.06. The highest BCUT2D eigenvalue weighted by atomic mass is 16.6. The lowest BCUT2D eigenvalue weighted by molar-refractivity contribution is -0.384. The monoisotopic (exact) mass is 209 g/mol. The standard InChI is InChI=1S/C10H15N3O2/c1-3-4-8-12(2)10-9(13(14)15)6-5-7-11-10/h5-7H,3-4,8H2,1-2H3. The maximum atomic E-state index is 10.7. The van der Waals surface area contributed by atoms with Crippen LogP contribution in [0.2, 0.25) is 0 Å². The zero-order valence-corrected chi connectivity index (χ0v) is 9.01. The van der Waals surface area contributed by atoms with Crippen LogP contribution in [0.25, 0.3) is 0 Å². The average molecular weight is 209 g/mol. The van der Waals surface area contributed by atoms with Gasteiger partial charge in [0.15, 0.2) is 0 Å². The van der Waals surface area contributed by atoms with E-state index in [1.165, 1.54) is 6.07 Å². The quantitative estimate of drug-likeness (QED) is 0.551. The van der Waals surface area contributed by atoms with Crippen LogP contribution in [-0.4, -0.2) is 23.5 Å². The molecule has 1 aromatic heterocycles. The Morgan fingerprint density at radius 3 is 2.93 bits per heavy atom. The molecule has 0 aliphatic carbocycles. The second-order valence-electron chi connectivity index (χ2n) is 3.38. The Balaban J connectivity index is 2.87. The Morgan fingerprint density at radius 1 is 1.60 bits per heavy atom. The van der Waals surface area contributed by atoms with Gasteiger partial charge in [0.2, 0.25) is 5.82 Å². The van der Waals surface area contributed by atoms with Crippen LogP contribution >= 0.6 is 0 Å². The highest BCUT2D eigenvalue weighted by Gasteiger charge is 2.16. The topological polar surface area (TPSA) is 59.3 Å². The van der Waals surface area contributed by atoms with E-state index in [1.807, 2.05) is 11.9 Å². The molecule has 0 saturated carbocycles. The van der Waals surface area contributed by atoms with Gasteiger partial charge in [0.05, 0.1) is 4.92 Å². The molecule has 0 radical (unpaired) electrons. The van der Waals surface area contributed by atoms with E-state index in [4.69, 9.17) is 0 Å². The van der Waals surface area contributed by atoms with Crippen LogP contribution in [0.4, 0.5) is 11.5 Å². The first-order valence-electron chi connectivity index (χ1n) is 4.97. The third-order valence-electron chi connectivity index (χ3n) is 2.17. The van der Waals surface area contributed by atoms with Gasteiger partial charge in [-0.15, -0.1) is 0 Å². The second kappa shape index (κ2) is 5.29. The van der Waals surface area contributed by atoms with Gasteiger partial charge in [0, 0.05) is 25.9 Å². The van der Waals surface area contributed by atoms with Crippen molar-refractivity contribution in [2.24, 2.45) is 0 Å². The van der Waals surface area contributed by atoms with Gasteiger partial charge in [0.1, 0.15) is 0 Å². The maximum Gasteiger partial charge on any atom is 0.311 e. The van der Waals surface area contributed by atoms with Crippen LogP contribution in [0, 0.1) is 10.1 Å². The van der Waals surface area contributed by atoms with Crippen molar-refractivity contribution in [3.8, 4) is 0 Å². The zero-order chi connectivity index (χ0) is 11.3. The molecule has 0 atom stereocenters. The van der Waals surface area contributed by atoms with Crippen LogP contribution in [0.5, 0.6) is 0 Å². The number of nitro groups is 1. The normalized spacial score (nSPS) is 10.0. The van der Waals surface area contributed by atoms with Crippen molar-refractivity contribution in [1.29, 1.82) is 0 Å². The number of hydrogen-bond donors (Lipinski definition) is 0. The van der Waals surface area contributed by atoms with Gasteiger partial charge in [0.25, 0.3) is 0 Å². The fraction of sp³-hybridized carbons (Fsp3) is 0.500. The van der Waals surface area contributed by atoms with Gasteiger partial charge < -0.3 is 4.90 Å². The van der Waals surface area contributed by atoms with Crippen molar-refractivity contribution in [3.05, 3.63) is 28.4 Å². The molecule has 0 amide bonds. The van der Waals surface area contributed by atoms with Crippen LogP contribution in [0.3, 0.4) is 0 Å². The van der Waals surface area contributed by atoms with Gasteiger partial charge >= 0.3 is 5.69 Å². The third-order valence-corrected chi connectivity index (χ3v) is 2.17. The summed E-state index contributed by atoms with van der Waals surface area (Å²) in [6.45, 7) is 2.87. The number of unbranched alkanes of at least 4 members (excludes halogenated alkanes) is 1. The Bertz CT molecular complexity index is 341. The minimum Gasteiger partial charge on any atom is -0.354 e. The summed E-state index contributed by atoms with van der Waals surface area (Å²) in [6.07, 6.45) is 3.64. The van der Waals surface area contributed by atoms with Crippen LogP contribution in [0.15, 0.2) is 18.3 Å². The van der Waals surface area contributed by atoms with Gasteiger partial charge in [-0.3, -0.25) is 10.1 Å². The molecular formula is C10H15N3O2. The fourth-order valence-electron chi connectivity index (χ4n) is 1.33. The summed E-state index contributed by atoms with van der Waals surface area (Å²) >= 11 is 0. The Hall–Kier alpha value is -1.65. The van der Waals surface area contributed by atoms with Crippen molar-refractivity contribution in [2.45, 2.75) is 19.8 Å². The van der Waals surface area contributed by atoms with E-state index in [1.54, 1.807) is 12.3 Å². The molecule has 0 fully saturated rings. The maximum absolute atomic E-state index is 10.7. The van der Waals surface area contributed by atoms with E-state index in [9.17, 15) is 10.1 Å². The van der Waals surface area contributed by atoms with Gasteiger partial charge in [-0.25, -0.2) is 4.98 Å². The number of hydrogen-bond acceptors (Lipinski definition) is 4. The molecule has 0 aliphatic heterocycles. The first-order valence-corrected chi connectivity index (χ1v) is 4.97. The Morgan fingerprint density at radius 2 is 2.33 bits per heavy atom. The molecule has 0 saturated heterocycles. The number of rotatable bonds is 5. The average Bonchev–Trinajstić information content (AvgIpc) is 2.25. The first kappa shape index (κ1) is 11.4. The summed E-state index contributed by atoms with van der Waals surface area (Å²) in [5, 5.41) is 10.7. The summed E-state index contributed by atoms with van der Waals surface area (Å²) in [5.41, 5.74) is 0.0658. The molecule has 0 N–H and O–H groups in total. The van der Waals surface area contributed by atoms with E-state index in [2.05, 4.69) is 11.9 Å². The summed E-state index contributed by atoms with van der Waals surface area (Å²) in [4.78, 5) is 16.2. The lowest BCUT2D eigenvalue weighted by atomic mass is 10.3.